The molecule has 0 unspecified atom stereocenters. The van der Waals surface area contributed by atoms with Crippen molar-refractivity contribution in [3.8, 4) is 0 Å². The summed E-state index contributed by atoms with van der Waals surface area (Å²) in [4.78, 5) is 58.4. The molecule has 1 aromatic carbocycles. The normalized spacial score (nSPS) is 13.2. The van der Waals surface area contributed by atoms with E-state index in [1.807, 2.05) is 0 Å². The van der Waals surface area contributed by atoms with E-state index in [1.165, 1.54) is 24.3 Å². The van der Waals surface area contributed by atoms with Crippen LogP contribution in [0, 0.1) is 0 Å². The van der Waals surface area contributed by atoms with Gasteiger partial charge in [0.15, 0.2) is 0 Å². The number of anilines is 1. The zero-order valence-electron chi connectivity index (χ0n) is 12.2. The lowest BCUT2D eigenvalue weighted by atomic mass is 10.1. The van der Waals surface area contributed by atoms with Crippen molar-refractivity contribution in [1.82, 2.24) is 4.90 Å². The number of nitrogens with zero attached hydrogens (tertiary/aromatic N) is 2. The van der Waals surface area contributed by atoms with Crippen molar-refractivity contribution < 1.29 is 34.2 Å². The maximum absolute atomic E-state index is 12.2. The Morgan fingerprint density at radius 2 is 1.33 bits per heavy atom. The first-order valence-electron chi connectivity index (χ1n) is 6.68. The van der Waals surface area contributed by atoms with Gasteiger partial charge in [0.05, 0.1) is 5.69 Å². The van der Waals surface area contributed by atoms with E-state index >= 15 is 0 Å². The Morgan fingerprint density at radius 3 is 1.75 bits per heavy atom. The maximum atomic E-state index is 12.2. The summed E-state index contributed by atoms with van der Waals surface area (Å²) in [7, 11) is 0. The minimum atomic E-state index is -1.35. The highest BCUT2D eigenvalue weighted by atomic mass is 16.4. The van der Waals surface area contributed by atoms with Crippen LogP contribution in [-0.2, 0) is 19.2 Å². The van der Waals surface area contributed by atoms with E-state index in [0.717, 1.165) is 17.1 Å². The zero-order valence-corrected chi connectivity index (χ0v) is 12.2. The van der Waals surface area contributed by atoms with Gasteiger partial charge in [0.2, 0.25) is 0 Å². The zero-order chi connectivity index (χ0) is 17.9. The Morgan fingerprint density at radius 1 is 0.875 bits per heavy atom. The third kappa shape index (κ3) is 3.64. The monoisotopic (exact) mass is 332 g/mol. The number of carboxylic acids is 2. The second kappa shape index (κ2) is 6.73. The maximum Gasteiger partial charge on any atom is 0.323 e. The molecule has 0 fully saturated rings. The summed E-state index contributed by atoms with van der Waals surface area (Å²) < 4.78 is 0. The highest BCUT2D eigenvalue weighted by Crippen LogP contribution is 2.20. The van der Waals surface area contributed by atoms with Crippen molar-refractivity contribution in [2.24, 2.45) is 0 Å². The second-order valence-electron chi connectivity index (χ2n) is 4.84. The number of imide groups is 1. The Balaban J connectivity index is 2.20. The van der Waals surface area contributed by atoms with Crippen LogP contribution >= 0.6 is 0 Å². The third-order valence-electron chi connectivity index (χ3n) is 3.12. The lowest BCUT2D eigenvalue weighted by Crippen LogP contribution is -2.39. The van der Waals surface area contributed by atoms with Gasteiger partial charge in [0, 0.05) is 17.7 Å². The van der Waals surface area contributed by atoms with Crippen molar-refractivity contribution in [3.05, 3.63) is 42.0 Å². The number of rotatable bonds is 6. The number of benzene rings is 1. The molecule has 1 heterocycles. The van der Waals surface area contributed by atoms with Gasteiger partial charge in [-0.2, -0.15) is 0 Å². The van der Waals surface area contributed by atoms with Crippen LogP contribution in [0.15, 0.2) is 36.4 Å². The molecule has 1 aliphatic heterocycles. The number of carbonyl (C=O) groups is 5. The fourth-order valence-corrected chi connectivity index (χ4v) is 2.12. The molecule has 0 spiro atoms. The predicted octanol–water partition coefficient (Wildman–Crippen LogP) is -0.273. The molecule has 0 radical (unpaired) electrons. The van der Waals surface area contributed by atoms with Crippen LogP contribution in [0.1, 0.15) is 10.4 Å². The summed E-state index contributed by atoms with van der Waals surface area (Å²) in [5.41, 5.74) is 0.280. The highest BCUT2D eigenvalue weighted by molar-refractivity contribution is 6.28. The van der Waals surface area contributed by atoms with Crippen LogP contribution in [0.3, 0.4) is 0 Å². The fourth-order valence-electron chi connectivity index (χ4n) is 2.12. The quantitative estimate of drug-likeness (QED) is 0.685. The number of carbonyl (C=O) groups excluding carboxylic acids is 3. The first-order valence-corrected chi connectivity index (χ1v) is 6.68. The van der Waals surface area contributed by atoms with Crippen molar-refractivity contribution in [3.63, 3.8) is 0 Å². The number of hydrogen-bond donors (Lipinski definition) is 2. The number of amides is 3. The van der Waals surface area contributed by atoms with Gasteiger partial charge in [0.25, 0.3) is 17.7 Å². The number of hydrogen-bond acceptors (Lipinski definition) is 5. The predicted molar refractivity (Wildman–Crippen MR) is 79.3 cm³/mol. The van der Waals surface area contributed by atoms with Crippen molar-refractivity contribution >= 4 is 35.3 Å². The smallest absolute Gasteiger partial charge is 0.323 e. The summed E-state index contributed by atoms with van der Waals surface area (Å²) >= 11 is 0. The minimum Gasteiger partial charge on any atom is -0.480 e. The van der Waals surface area contributed by atoms with Gasteiger partial charge in [-0.15, -0.1) is 0 Å². The van der Waals surface area contributed by atoms with Crippen LogP contribution in [0.2, 0.25) is 0 Å². The van der Waals surface area contributed by atoms with Crippen LogP contribution in [0.5, 0.6) is 0 Å². The van der Waals surface area contributed by atoms with E-state index in [2.05, 4.69) is 0 Å². The first-order chi connectivity index (χ1) is 11.3. The molecule has 0 aliphatic carbocycles. The summed E-state index contributed by atoms with van der Waals surface area (Å²) in [5, 5.41) is 17.5. The molecule has 1 aromatic rings. The van der Waals surface area contributed by atoms with Crippen molar-refractivity contribution in [2.45, 2.75) is 0 Å². The lowest BCUT2D eigenvalue weighted by Gasteiger charge is -2.19. The molecule has 9 nitrogen and oxygen atoms in total. The van der Waals surface area contributed by atoms with E-state index < -0.39 is 42.7 Å². The average molecular weight is 332 g/mol. The molecule has 2 N–H and O–H groups in total. The fraction of sp³-hybridized carbons (Fsp3) is 0.133. The van der Waals surface area contributed by atoms with Crippen LogP contribution in [0.4, 0.5) is 5.69 Å². The Kier molecular flexibility index (Phi) is 4.73. The van der Waals surface area contributed by atoms with E-state index in [9.17, 15) is 24.0 Å². The average Bonchev–Trinajstić information content (AvgIpc) is 2.84. The van der Waals surface area contributed by atoms with Gasteiger partial charge in [-0.3, -0.25) is 24.0 Å². The van der Waals surface area contributed by atoms with E-state index in [-0.39, 0.29) is 11.3 Å². The topological polar surface area (TPSA) is 132 Å². The van der Waals surface area contributed by atoms with Crippen molar-refractivity contribution in [2.75, 3.05) is 18.0 Å². The van der Waals surface area contributed by atoms with Crippen molar-refractivity contribution in [1.29, 1.82) is 0 Å². The molecule has 124 valence electrons. The molecule has 2 rings (SSSR count). The summed E-state index contributed by atoms with van der Waals surface area (Å²) in [6.45, 7) is -1.53. The molecule has 0 bridgehead atoms. The Bertz CT molecular complexity index is 718. The number of aliphatic carboxylic acids is 2. The molecule has 24 heavy (non-hydrogen) atoms. The Hall–Kier alpha value is -3.49. The van der Waals surface area contributed by atoms with Gasteiger partial charge in [0.1, 0.15) is 13.1 Å². The molecule has 0 saturated carbocycles. The van der Waals surface area contributed by atoms with E-state index in [1.54, 1.807) is 0 Å². The van der Waals surface area contributed by atoms with Gasteiger partial charge in [-0.25, -0.2) is 4.90 Å². The lowest BCUT2D eigenvalue weighted by molar-refractivity contribution is -0.140. The Labute approximate surface area is 135 Å². The molecule has 9 heteroatoms. The summed E-state index contributed by atoms with van der Waals surface area (Å²) in [5.74, 6) is -4.51. The molecule has 0 aromatic heterocycles. The SMILES string of the molecule is O=C(O)CN(CC(=O)O)C(=O)c1ccc(N2C(=O)C=CC2=O)cc1. The van der Waals surface area contributed by atoms with Gasteiger partial charge in [-0.1, -0.05) is 0 Å². The number of carboxylic acid groups (broad SMARTS) is 2. The largest absolute Gasteiger partial charge is 0.480 e. The molecular weight excluding hydrogens is 320 g/mol. The third-order valence-corrected chi connectivity index (χ3v) is 3.12. The highest BCUT2D eigenvalue weighted by Gasteiger charge is 2.26. The molecule has 0 atom stereocenters. The summed E-state index contributed by atoms with van der Waals surface area (Å²) in [6, 6.07) is 5.26. The molecule has 1 aliphatic rings. The van der Waals surface area contributed by atoms with E-state index in [0.29, 0.717) is 4.90 Å². The molecule has 3 amide bonds. The van der Waals surface area contributed by atoms with Gasteiger partial charge in [-0.05, 0) is 24.3 Å². The van der Waals surface area contributed by atoms with Gasteiger partial charge >= 0.3 is 11.9 Å². The van der Waals surface area contributed by atoms with Crippen LogP contribution in [-0.4, -0.2) is 57.9 Å². The standard InChI is InChI=1S/C15H12N2O7/c18-11-5-6-12(19)17(11)10-3-1-9(2-4-10)15(24)16(7-13(20)21)8-14(22)23/h1-6H,7-8H2,(H,20,21)(H,22,23). The minimum absolute atomic E-state index is 0.0355. The van der Waals surface area contributed by atoms with Crippen LogP contribution in [0.25, 0.3) is 0 Å². The van der Waals surface area contributed by atoms with E-state index in [4.69, 9.17) is 10.2 Å². The first kappa shape index (κ1) is 16.9. The second-order valence-corrected chi connectivity index (χ2v) is 4.84. The molecular formula is C15H12N2O7. The van der Waals surface area contributed by atoms with Gasteiger partial charge < -0.3 is 15.1 Å². The molecule has 0 saturated heterocycles. The van der Waals surface area contributed by atoms with Crippen LogP contribution < -0.4 is 4.90 Å². The summed E-state index contributed by atoms with van der Waals surface area (Å²) in [6.07, 6.45) is 2.23.